The number of aliphatic carboxylic acids is 1. The molecular formula is C13H25NO3. The molecule has 0 radical (unpaired) electrons. The minimum absolute atomic E-state index is 0.601. The maximum absolute atomic E-state index is 11.0. The first-order chi connectivity index (χ1) is 8.08. The van der Waals surface area contributed by atoms with Gasteiger partial charge in [0, 0.05) is 13.2 Å². The monoisotopic (exact) mass is 243 g/mol. The third-order valence-corrected chi connectivity index (χ3v) is 3.82. The molecule has 1 aliphatic rings. The van der Waals surface area contributed by atoms with Crippen LogP contribution in [0.1, 0.15) is 45.4 Å². The third kappa shape index (κ3) is 4.64. The standard InChI is InChI=1S/C13H25NO3/c1-13(14-2,12(15)16)8-5-9-17-10-11-6-3-4-7-11/h11,14H,3-10H2,1-2H3,(H,15,16). The van der Waals surface area contributed by atoms with E-state index in [1.807, 2.05) is 0 Å². The van der Waals surface area contributed by atoms with Crippen LogP contribution in [0.25, 0.3) is 0 Å². The Morgan fingerprint density at radius 3 is 2.65 bits per heavy atom. The van der Waals surface area contributed by atoms with Crippen molar-refractivity contribution in [1.82, 2.24) is 5.32 Å². The quantitative estimate of drug-likeness (QED) is 0.640. The lowest BCUT2D eigenvalue weighted by atomic mass is 9.96. The molecule has 1 aliphatic carbocycles. The highest BCUT2D eigenvalue weighted by molar-refractivity contribution is 5.78. The average Bonchev–Trinajstić information content (AvgIpc) is 2.81. The van der Waals surface area contributed by atoms with E-state index in [0.29, 0.717) is 13.0 Å². The number of ether oxygens (including phenoxy) is 1. The van der Waals surface area contributed by atoms with Crippen molar-refractivity contribution in [2.75, 3.05) is 20.3 Å². The van der Waals surface area contributed by atoms with E-state index in [4.69, 9.17) is 9.84 Å². The van der Waals surface area contributed by atoms with Gasteiger partial charge in [-0.05, 0) is 45.6 Å². The van der Waals surface area contributed by atoms with Crippen LogP contribution in [0.15, 0.2) is 0 Å². The van der Waals surface area contributed by atoms with Gasteiger partial charge in [0.1, 0.15) is 5.54 Å². The molecule has 1 fully saturated rings. The smallest absolute Gasteiger partial charge is 0.323 e. The third-order valence-electron chi connectivity index (χ3n) is 3.82. The van der Waals surface area contributed by atoms with Gasteiger partial charge >= 0.3 is 5.97 Å². The van der Waals surface area contributed by atoms with Crippen molar-refractivity contribution in [3.8, 4) is 0 Å². The summed E-state index contributed by atoms with van der Waals surface area (Å²) in [6.45, 7) is 3.23. The summed E-state index contributed by atoms with van der Waals surface area (Å²) in [6, 6.07) is 0. The number of nitrogens with one attached hydrogen (secondary N) is 1. The van der Waals surface area contributed by atoms with Crippen molar-refractivity contribution in [1.29, 1.82) is 0 Å². The van der Waals surface area contributed by atoms with Crippen molar-refractivity contribution >= 4 is 5.97 Å². The molecule has 0 spiro atoms. The Hall–Kier alpha value is -0.610. The Morgan fingerprint density at radius 2 is 2.12 bits per heavy atom. The molecule has 0 aromatic heterocycles. The molecule has 0 saturated heterocycles. The minimum Gasteiger partial charge on any atom is -0.480 e. The Labute approximate surface area is 104 Å². The molecule has 1 unspecified atom stereocenters. The Balaban J connectivity index is 2.08. The van der Waals surface area contributed by atoms with E-state index in [1.54, 1.807) is 14.0 Å². The van der Waals surface area contributed by atoms with E-state index in [0.717, 1.165) is 18.9 Å². The summed E-state index contributed by atoms with van der Waals surface area (Å²) in [4.78, 5) is 11.0. The fourth-order valence-electron chi connectivity index (χ4n) is 2.29. The first-order valence-corrected chi connectivity index (χ1v) is 6.58. The molecule has 0 amide bonds. The number of carbonyl (C=O) groups is 1. The molecule has 0 heterocycles. The second-order valence-electron chi connectivity index (χ2n) is 5.22. The summed E-state index contributed by atoms with van der Waals surface area (Å²) in [7, 11) is 1.69. The lowest BCUT2D eigenvalue weighted by molar-refractivity contribution is -0.144. The van der Waals surface area contributed by atoms with Crippen LogP contribution < -0.4 is 5.32 Å². The summed E-state index contributed by atoms with van der Waals surface area (Å²) < 4.78 is 5.62. The molecular weight excluding hydrogens is 218 g/mol. The maximum Gasteiger partial charge on any atom is 0.323 e. The van der Waals surface area contributed by atoms with Gasteiger partial charge in [0.15, 0.2) is 0 Å². The second kappa shape index (κ2) is 6.97. The summed E-state index contributed by atoms with van der Waals surface area (Å²) in [5.74, 6) is -0.0547. The first-order valence-electron chi connectivity index (χ1n) is 6.58. The zero-order valence-corrected chi connectivity index (χ0v) is 11.0. The van der Waals surface area contributed by atoms with E-state index in [1.165, 1.54) is 25.7 Å². The zero-order valence-electron chi connectivity index (χ0n) is 11.0. The summed E-state index contributed by atoms with van der Waals surface area (Å²) in [5, 5.41) is 11.9. The lowest BCUT2D eigenvalue weighted by Gasteiger charge is -2.24. The predicted molar refractivity (Wildman–Crippen MR) is 67.1 cm³/mol. The average molecular weight is 243 g/mol. The van der Waals surface area contributed by atoms with E-state index < -0.39 is 11.5 Å². The van der Waals surface area contributed by atoms with Gasteiger partial charge in [-0.3, -0.25) is 4.79 Å². The molecule has 4 nitrogen and oxygen atoms in total. The normalized spacial score (nSPS) is 20.4. The van der Waals surface area contributed by atoms with Gasteiger partial charge in [-0.15, -0.1) is 0 Å². The summed E-state index contributed by atoms with van der Waals surface area (Å²) in [6.07, 6.45) is 6.66. The predicted octanol–water partition coefficient (Wildman–Crippen LogP) is 2.04. The van der Waals surface area contributed by atoms with Crippen molar-refractivity contribution in [2.24, 2.45) is 5.92 Å². The Kier molecular flexibility index (Phi) is 5.92. The van der Waals surface area contributed by atoms with Crippen LogP contribution in [-0.2, 0) is 9.53 Å². The van der Waals surface area contributed by atoms with Gasteiger partial charge in [-0.1, -0.05) is 12.8 Å². The number of likely N-dealkylation sites (N-methyl/N-ethyl adjacent to an activating group) is 1. The molecule has 0 aromatic carbocycles. The minimum atomic E-state index is -0.823. The molecule has 0 bridgehead atoms. The topological polar surface area (TPSA) is 58.6 Å². The van der Waals surface area contributed by atoms with E-state index in [-0.39, 0.29) is 0 Å². The maximum atomic E-state index is 11.0. The Bertz CT molecular complexity index is 239. The molecule has 0 aliphatic heterocycles. The highest BCUT2D eigenvalue weighted by atomic mass is 16.5. The number of hydrogen-bond donors (Lipinski definition) is 2. The molecule has 1 atom stereocenters. The van der Waals surface area contributed by atoms with Crippen LogP contribution >= 0.6 is 0 Å². The van der Waals surface area contributed by atoms with E-state index >= 15 is 0 Å². The molecule has 1 rings (SSSR count). The highest BCUT2D eigenvalue weighted by Crippen LogP contribution is 2.24. The van der Waals surface area contributed by atoms with Crippen LogP contribution in [0.3, 0.4) is 0 Å². The van der Waals surface area contributed by atoms with Gasteiger partial charge < -0.3 is 15.2 Å². The number of rotatable bonds is 8. The van der Waals surface area contributed by atoms with E-state index in [9.17, 15) is 4.79 Å². The first kappa shape index (κ1) is 14.5. The van der Waals surface area contributed by atoms with Crippen LogP contribution in [0, 0.1) is 5.92 Å². The number of carboxylic acids is 1. The van der Waals surface area contributed by atoms with Gasteiger partial charge in [0.25, 0.3) is 0 Å². The summed E-state index contributed by atoms with van der Waals surface area (Å²) >= 11 is 0. The molecule has 4 heteroatoms. The fourth-order valence-corrected chi connectivity index (χ4v) is 2.29. The van der Waals surface area contributed by atoms with Gasteiger partial charge in [0.05, 0.1) is 0 Å². The molecule has 2 N–H and O–H groups in total. The number of hydrogen-bond acceptors (Lipinski definition) is 3. The van der Waals surface area contributed by atoms with E-state index in [2.05, 4.69) is 5.32 Å². The molecule has 0 aromatic rings. The van der Waals surface area contributed by atoms with Gasteiger partial charge in [0.2, 0.25) is 0 Å². The van der Waals surface area contributed by atoms with Crippen molar-refractivity contribution in [3.05, 3.63) is 0 Å². The van der Waals surface area contributed by atoms with Gasteiger partial charge in [-0.25, -0.2) is 0 Å². The molecule has 17 heavy (non-hydrogen) atoms. The SMILES string of the molecule is CNC(C)(CCCOCC1CCCC1)C(=O)O. The van der Waals surface area contributed by atoms with Crippen LogP contribution in [-0.4, -0.2) is 36.9 Å². The van der Waals surface area contributed by atoms with Crippen LogP contribution in [0.5, 0.6) is 0 Å². The lowest BCUT2D eigenvalue weighted by Crippen LogP contribution is -2.47. The largest absolute Gasteiger partial charge is 0.480 e. The molecule has 1 saturated carbocycles. The van der Waals surface area contributed by atoms with Crippen LogP contribution in [0.2, 0.25) is 0 Å². The molecule has 100 valence electrons. The Morgan fingerprint density at radius 1 is 1.47 bits per heavy atom. The van der Waals surface area contributed by atoms with Crippen molar-refractivity contribution in [2.45, 2.75) is 51.0 Å². The zero-order chi connectivity index (χ0) is 12.7. The second-order valence-corrected chi connectivity index (χ2v) is 5.22. The van der Waals surface area contributed by atoms with Crippen molar-refractivity contribution in [3.63, 3.8) is 0 Å². The fraction of sp³-hybridized carbons (Fsp3) is 0.923. The van der Waals surface area contributed by atoms with Crippen LogP contribution in [0.4, 0.5) is 0 Å². The van der Waals surface area contributed by atoms with Gasteiger partial charge in [-0.2, -0.15) is 0 Å². The van der Waals surface area contributed by atoms with Crippen molar-refractivity contribution < 1.29 is 14.6 Å². The highest BCUT2D eigenvalue weighted by Gasteiger charge is 2.30. The summed E-state index contributed by atoms with van der Waals surface area (Å²) in [5.41, 5.74) is -0.823. The number of carboxylic acid groups (broad SMARTS) is 1.